The second kappa shape index (κ2) is 6.23. The van der Waals surface area contributed by atoms with Crippen LogP contribution in [0.25, 0.3) is 0 Å². The van der Waals surface area contributed by atoms with Gasteiger partial charge in [-0.15, -0.1) is 0 Å². The molecule has 2 aliphatic rings. The molecule has 2 fully saturated rings. The van der Waals surface area contributed by atoms with Crippen LogP contribution < -0.4 is 0 Å². The summed E-state index contributed by atoms with van der Waals surface area (Å²) in [4.78, 5) is 29.1. The van der Waals surface area contributed by atoms with Crippen molar-refractivity contribution in [3.63, 3.8) is 0 Å². The highest BCUT2D eigenvalue weighted by atomic mass is 19.1. The van der Waals surface area contributed by atoms with Crippen molar-refractivity contribution < 1.29 is 18.5 Å². The molecule has 0 bridgehead atoms. The Kier molecular flexibility index (Phi) is 4.01. The predicted molar refractivity (Wildman–Crippen MR) is 90.6 cm³/mol. The van der Waals surface area contributed by atoms with Crippen molar-refractivity contribution in [3.05, 3.63) is 53.2 Å². The number of hydrogen-bond donors (Lipinski definition) is 0. The molecule has 7 heteroatoms. The first-order chi connectivity index (χ1) is 12.5. The summed E-state index contributed by atoms with van der Waals surface area (Å²) < 4.78 is 18.4. The third-order valence-electron chi connectivity index (χ3n) is 5.49. The third kappa shape index (κ3) is 2.77. The van der Waals surface area contributed by atoms with E-state index in [1.54, 1.807) is 22.8 Å². The van der Waals surface area contributed by atoms with Gasteiger partial charge in [0.25, 0.3) is 5.91 Å². The summed E-state index contributed by atoms with van der Waals surface area (Å²) in [6.07, 6.45) is 2.80. The number of aryl methyl sites for hydroxylation is 1. The molecular weight excluding hydrogens is 337 g/mol. The SMILES string of the molecule is Cc1oncc1C(=O)N1CC[C@@]2(CCN(Cc3cccc(F)c3)C2=O)C1. The molecule has 0 saturated carbocycles. The van der Waals surface area contributed by atoms with E-state index < -0.39 is 5.41 Å². The standard InChI is InChI=1S/C19H20FN3O3/c1-13-16(10-21-26-13)17(24)23-8-6-19(12-23)5-7-22(18(19)25)11-14-3-2-4-15(20)9-14/h2-4,9-10H,5-8,11-12H2,1H3/t19-/m0/s1. The lowest BCUT2D eigenvalue weighted by Gasteiger charge is -2.23. The van der Waals surface area contributed by atoms with Crippen LogP contribution in [0.15, 0.2) is 35.0 Å². The molecule has 4 rings (SSSR count). The van der Waals surface area contributed by atoms with E-state index in [4.69, 9.17) is 4.52 Å². The van der Waals surface area contributed by atoms with Crippen LogP contribution in [0.5, 0.6) is 0 Å². The normalized spacial score (nSPS) is 22.6. The fourth-order valence-electron chi connectivity index (χ4n) is 4.00. The van der Waals surface area contributed by atoms with Crippen molar-refractivity contribution in [2.45, 2.75) is 26.3 Å². The molecule has 2 amide bonds. The van der Waals surface area contributed by atoms with Gasteiger partial charge in [0.1, 0.15) is 17.1 Å². The van der Waals surface area contributed by atoms with Crippen molar-refractivity contribution >= 4 is 11.8 Å². The number of nitrogens with zero attached hydrogens (tertiary/aromatic N) is 3. The van der Waals surface area contributed by atoms with Crippen molar-refractivity contribution in [1.29, 1.82) is 0 Å². The first-order valence-corrected chi connectivity index (χ1v) is 8.73. The molecule has 0 radical (unpaired) electrons. The van der Waals surface area contributed by atoms with Crippen molar-refractivity contribution in [1.82, 2.24) is 15.0 Å². The Hall–Kier alpha value is -2.70. The summed E-state index contributed by atoms with van der Waals surface area (Å²) in [5.41, 5.74) is 0.708. The van der Waals surface area contributed by atoms with Crippen LogP contribution in [0.2, 0.25) is 0 Å². The zero-order chi connectivity index (χ0) is 18.3. The minimum absolute atomic E-state index is 0.0547. The Balaban J connectivity index is 1.46. The van der Waals surface area contributed by atoms with Crippen molar-refractivity contribution in [3.8, 4) is 0 Å². The van der Waals surface area contributed by atoms with Gasteiger partial charge < -0.3 is 14.3 Å². The van der Waals surface area contributed by atoms with E-state index in [-0.39, 0.29) is 17.6 Å². The van der Waals surface area contributed by atoms with Gasteiger partial charge in [0, 0.05) is 26.2 Å². The lowest BCUT2D eigenvalue weighted by Crippen LogP contribution is -2.38. The molecule has 1 aromatic heterocycles. The minimum atomic E-state index is -0.520. The maximum atomic E-state index is 13.4. The molecule has 0 N–H and O–H groups in total. The largest absolute Gasteiger partial charge is 0.361 e. The maximum absolute atomic E-state index is 13.4. The van der Waals surface area contributed by atoms with E-state index in [1.165, 1.54) is 18.3 Å². The molecule has 6 nitrogen and oxygen atoms in total. The first-order valence-electron chi connectivity index (χ1n) is 8.73. The van der Waals surface area contributed by atoms with Crippen LogP contribution in [0.1, 0.15) is 34.5 Å². The lowest BCUT2D eigenvalue weighted by molar-refractivity contribution is -0.135. The highest BCUT2D eigenvalue weighted by Gasteiger charge is 2.51. The van der Waals surface area contributed by atoms with Crippen LogP contribution in [0.4, 0.5) is 4.39 Å². The summed E-state index contributed by atoms with van der Waals surface area (Å²) in [5.74, 6) is 0.100. The average molecular weight is 357 g/mol. The number of aromatic nitrogens is 1. The lowest BCUT2D eigenvalue weighted by atomic mass is 9.85. The molecule has 1 aromatic carbocycles. The van der Waals surface area contributed by atoms with Crippen LogP contribution in [-0.2, 0) is 11.3 Å². The predicted octanol–water partition coefficient (Wildman–Crippen LogP) is 2.39. The van der Waals surface area contributed by atoms with E-state index in [2.05, 4.69) is 5.16 Å². The second-order valence-corrected chi connectivity index (χ2v) is 7.16. The quantitative estimate of drug-likeness (QED) is 0.846. The monoisotopic (exact) mass is 357 g/mol. The second-order valence-electron chi connectivity index (χ2n) is 7.16. The Bertz CT molecular complexity index is 865. The first kappa shape index (κ1) is 16.8. The highest BCUT2D eigenvalue weighted by Crippen LogP contribution is 2.41. The van der Waals surface area contributed by atoms with Crippen LogP contribution >= 0.6 is 0 Å². The fraction of sp³-hybridized carbons (Fsp3) is 0.421. The molecule has 1 atom stereocenters. The average Bonchev–Trinajstić information content (AvgIpc) is 3.31. The van der Waals surface area contributed by atoms with E-state index in [1.807, 2.05) is 6.07 Å². The van der Waals surface area contributed by atoms with Crippen LogP contribution in [-0.4, -0.2) is 46.4 Å². The number of hydrogen-bond acceptors (Lipinski definition) is 4. The Morgan fingerprint density at radius 1 is 1.35 bits per heavy atom. The fourth-order valence-corrected chi connectivity index (χ4v) is 4.00. The number of carbonyl (C=O) groups excluding carboxylic acids is 2. The van der Waals surface area contributed by atoms with E-state index in [9.17, 15) is 14.0 Å². The molecule has 0 aliphatic carbocycles. The smallest absolute Gasteiger partial charge is 0.259 e. The van der Waals surface area contributed by atoms with Gasteiger partial charge >= 0.3 is 0 Å². The molecule has 1 spiro atoms. The zero-order valence-electron chi connectivity index (χ0n) is 14.6. The molecule has 0 unspecified atom stereocenters. The van der Waals surface area contributed by atoms with Gasteiger partial charge in [-0.3, -0.25) is 9.59 Å². The highest BCUT2D eigenvalue weighted by molar-refractivity contribution is 5.96. The molecule has 136 valence electrons. The molecule has 26 heavy (non-hydrogen) atoms. The Morgan fingerprint density at radius 2 is 2.15 bits per heavy atom. The van der Waals surface area contributed by atoms with E-state index >= 15 is 0 Å². The third-order valence-corrected chi connectivity index (χ3v) is 5.49. The van der Waals surface area contributed by atoms with Gasteiger partial charge in [-0.1, -0.05) is 17.3 Å². The molecule has 2 aromatic rings. The van der Waals surface area contributed by atoms with Crippen LogP contribution in [0, 0.1) is 18.2 Å². The van der Waals surface area contributed by atoms with Gasteiger partial charge in [-0.25, -0.2) is 4.39 Å². The Labute approximate surface area is 150 Å². The summed E-state index contributed by atoms with van der Waals surface area (Å²) in [6.45, 7) is 3.69. The van der Waals surface area contributed by atoms with Gasteiger partial charge in [-0.05, 0) is 37.5 Å². The molecule has 2 saturated heterocycles. The molecular formula is C19H20FN3O3. The number of rotatable bonds is 3. The summed E-state index contributed by atoms with van der Waals surface area (Å²) in [6, 6.07) is 6.32. The molecule has 2 aliphatic heterocycles. The van der Waals surface area contributed by atoms with Gasteiger partial charge in [0.05, 0.1) is 11.6 Å². The number of carbonyl (C=O) groups is 2. The van der Waals surface area contributed by atoms with E-state index in [0.717, 1.165) is 5.56 Å². The summed E-state index contributed by atoms with van der Waals surface area (Å²) >= 11 is 0. The van der Waals surface area contributed by atoms with Gasteiger partial charge in [0.15, 0.2) is 0 Å². The summed E-state index contributed by atoms with van der Waals surface area (Å²) in [7, 11) is 0. The Morgan fingerprint density at radius 3 is 2.88 bits per heavy atom. The topological polar surface area (TPSA) is 66.7 Å². The van der Waals surface area contributed by atoms with Gasteiger partial charge in [0.2, 0.25) is 5.91 Å². The minimum Gasteiger partial charge on any atom is -0.361 e. The van der Waals surface area contributed by atoms with E-state index in [0.29, 0.717) is 50.3 Å². The number of benzene rings is 1. The molecule has 3 heterocycles. The number of likely N-dealkylation sites (tertiary alicyclic amines) is 2. The zero-order valence-corrected chi connectivity index (χ0v) is 14.6. The van der Waals surface area contributed by atoms with Gasteiger partial charge in [-0.2, -0.15) is 0 Å². The number of amides is 2. The van der Waals surface area contributed by atoms with Crippen molar-refractivity contribution in [2.75, 3.05) is 19.6 Å². The van der Waals surface area contributed by atoms with Crippen molar-refractivity contribution in [2.24, 2.45) is 5.41 Å². The number of halogens is 1. The van der Waals surface area contributed by atoms with Crippen LogP contribution in [0.3, 0.4) is 0 Å². The maximum Gasteiger partial charge on any atom is 0.259 e. The summed E-state index contributed by atoms with van der Waals surface area (Å²) in [5, 5.41) is 3.66.